The molecule has 0 aliphatic carbocycles. The molecule has 0 saturated carbocycles. The van der Waals surface area contributed by atoms with Crippen molar-refractivity contribution in [2.75, 3.05) is 0 Å². The molecule has 1 rings (SSSR count). The lowest BCUT2D eigenvalue weighted by Crippen LogP contribution is -1.69. The second kappa shape index (κ2) is 6.85. The SMILES string of the molecule is C.CC(C)=O.Cc1nn[nH]n1. The molecule has 0 amide bonds. The maximum absolute atomic E-state index is 9.44. The van der Waals surface area contributed by atoms with Crippen LogP contribution in [0.5, 0.6) is 0 Å². The predicted molar refractivity (Wildman–Crippen MR) is 42.0 cm³/mol. The number of tetrazole rings is 1. The molecular weight excluding hydrogens is 144 g/mol. The van der Waals surface area contributed by atoms with Crippen LogP contribution in [0.3, 0.4) is 0 Å². The van der Waals surface area contributed by atoms with Crippen molar-refractivity contribution < 1.29 is 4.79 Å². The molecule has 0 aliphatic heterocycles. The second-order valence-corrected chi connectivity index (χ2v) is 1.87. The van der Waals surface area contributed by atoms with Gasteiger partial charge in [0.2, 0.25) is 0 Å². The number of carbonyl (C=O) groups is 1. The van der Waals surface area contributed by atoms with E-state index < -0.39 is 0 Å². The molecule has 1 aromatic rings. The minimum Gasteiger partial charge on any atom is -0.300 e. The summed E-state index contributed by atoms with van der Waals surface area (Å²) in [4.78, 5) is 9.44. The number of Topliss-reactive ketones (excluding diaryl/α,β-unsaturated/α-hetero) is 1. The third-order valence-corrected chi connectivity index (χ3v) is 0.451. The number of rotatable bonds is 0. The molecule has 64 valence electrons. The summed E-state index contributed by atoms with van der Waals surface area (Å²) in [6.07, 6.45) is 0. The van der Waals surface area contributed by atoms with Gasteiger partial charge in [0.15, 0.2) is 5.82 Å². The molecule has 5 nitrogen and oxygen atoms in total. The maximum atomic E-state index is 9.44. The quantitative estimate of drug-likeness (QED) is 0.604. The van der Waals surface area contributed by atoms with Crippen molar-refractivity contribution in [3.63, 3.8) is 0 Å². The molecule has 5 heteroatoms. The van der Waals surface area contributed by atoms with Gasteiger partial charge in [0.1, 0.15) is 5.78 Å². The highest BCUT2D eigenvalue weighted by Gasteiger charge is 1.78. The molecule has 1 aromatic heterocycles. The van der Waals surface area contributed by atoms with Crippen molar-refractivity contribution in [2.45, 2.75) is 28.2 Å². The highest BCUT2D eigenvalue weighted by atomic mass is 16.1. The fourth-order valence-corrected chi connectivity index (χ4v) is 0.212. The van der Waals surface area contributed by atoms with Crippen molar-refractivity contribution in [1.82, 2.24) is 20.6 Å². The summed E-state index contributed by atoms with van der Waals surface area (Å²) in [6, 6.07) is 0. The normalized spacial score (nSPS) is 7.18. The van der Waals surface area contributed by atoms with Gasteiger partial charge in [-0.3, -0.25) is 0 Å². The summed E-state index contributed by atoms with van der Waals surface area (Å²) in [5.41, 5.74) is 0. The smallest absolute Gasteiger partial charge is 0.171 e. The zero-order chi connectivity index (χ0) is 7.98. The number of aromatic nitrogens is 4. The Morgan fingerprint density at radius 3 is 2.00 bits per heavy atom. The van der Waals surface area contributed by atoms with Gasteiger partial charge in [-0.2, -0.15) is 5.21 Å². The van der Waals surface area contributed by atoms with Crippen molar-refractivity contribution in [2.24, 2.45) is 0 Å². The van der Waals surface area contributed by atoms with Crippen LogP contribution in [0.2, 0.25) is 0 Å². The van der Waals surface area contributed by atoms with E-state index >= 15 is 0 Å². The molecular formula is C6H14N4O. The maximum Gasteiger partial charge on any atom is 0.171 e. The highest BCUT2D eigenvalue weighted by molar-refractivity contribution is 5.72. The fourth-order valence-electron chi connectivity index (χ4n) is 0.212. The first-order valence-electron chi connectivity index (χ1n) is 2.80. The van der Waals surface area contributed by atoms with Crippen LogP contribution in [0.1, 0.15) is 27.1 Å². The third kappa shape index (κ3) is 12.1. The number of H-pyrrole nitrogens is 1. The van der Waals surface area contributed by atoms with Gasteiger partial charge < -0.3 is 4.79 Å². The van der Waals surface area contributed by atoms with Crippen LogP contribution in [0, 0.1) is 6.92 Å². The van der Waals surface area contributed by atoms with Gasteiger partial charge in [0, 0.05) is 0 Å². The lowest BCUT2D eigenvalue weighted by molar-refractivity contribution is -0.114. The second-order valence-electron chi connectivity index (χ2n) is 1.87. The Labute approximate surface area is 66.2 Å². The standard InChI is InChI=1S/C3H6O.C2H4N4.CH4/c1-3(2)4;1-2-3-5-6-4-2;/h1-2H3;1H3,(H,3,4,5,6);1H4. The molecule has 0 spiro atoms. The molecule has 1 N–H and O–H groups in total. The Hall–Kier alpha value is -1.26. The zero-order valence-electron chi connectivity index (χ0n) is 6.25. The van der Waals surface area contributed by atoms with E-state index in [-0.39, 0.29) is 13.2 Å². The average Bonchev–Trinajstić information content (AvgIpc) is 2.15. The van der Waals surface area contributed by atoms with Gasteiger partial charge in [-0.05, 0) is 20.8 Å². The Kier molecular flexibility index (Phi) is 7.74. The van der Waals surface area contributed by atoms with E-state index in [4.69, 9.17) is 0 Å². The van der Waals surface area contributed by atoms with Crippen molar-refractivity contribution in [3.05, 3.63) is 5.82 Å². The third-order valence-electron chi connectivity index (χ3n) is 0.451. The number of ketones is 1. The highest BCUT2D eigenvalue weighted by Crippen LogP contribution is 1.69. The minimum atomic E-state index is 0. The molecule has 0 aliphatic rings. The molecule has 0 aromatic carbocycles. The minimum absolute atomic E-state index is 0. The lowest BCUT2D eigenvalue weighted by Gasteiger charge is -1.59. The Morgan fingerprint density at radius 2 is 1.91 bits per heavy atom. The number of nitrogens with zero attached hydrogens (tertiary/aromatic N) is 3. The van der Waals surface area contributed by atoms with Crippen molar-refractivity contribution in [1.29, 1.82) is 0 Å². The molecule has 0 fully saturated rings. The van der Waals surface area contributed by atoms with Crippen LogP contribution >= 0.6 is 0 Å². The van der Waals surface area contributed by atoms with E-state index in [1.165, 1.54) is 13.8 Å². The molecule has 0 bridgehead atoms. The van der Waals surface area contributed by atoms with Crippen LogP contribution in [-0.2, 0) is 4.79 Å². The largest absolute Gasteiger partial charge is 0.300 e. The summed E-state index contributed by atoms with van der Waals surface area (Å²) in [5, 5.41) is 12.7. The van der Waals surface area contributed by atoms with Crippen LogP contribution in [0.4, 0.5) is 0 Å². The molecule has 0 unspecified atom stereocenters. The molecule has 0 saturated heterocycles. The van der Waals surface area contributed by atoms with Crippen LogP contribution < -0.4 is 0 Å². The number of aromatic amines is 1. The topological polar surface area (TPSA) is 71.5 Å². The number of nitrogens with one attached hydrogen (secondary N) is 1. The molecule has 1 heterocycles. The van der Waals surface area contributed by atoms with Gasteiger partial charge in [-0.25, -0.2) is 0 Å². The van der Waals surface area contributed by atoms with E-state index in [2.05, 4.69) is 20.6 Å². The van der Waals surface area contributed by atoms with Crippen LogP contribution in [0.15, 0.2) is 0 Å². The van der Waals surface area contributed by atoms with Gasteiger partial charge in [0.05, 0.1) is 0 Å². The number of aryl methyl sites for hydroxylation is 1. The monoisotopic (exact) mass is 158 g/mol. The fraction of sp³-hybridized carbons (Fsp3) is 0.667. The van der Waals surface area contributed by atoms with Gasteiger partial charge in [-0.1, -0.05) is 12.6 Å². The number of carbonyl (C=O) groups excluding carboxylic acids is 1. The Morgan fingerprint density at radius 1 is 1.45 bits per heavy atom. The number of hydrogen-bond acceptors (Lipinski definition) is 4. The summed E-state index contributed by atoms with van der Waals surface area (Å²) in [5.74, 6) is 0.843. The molecule has 0 atom stereocenters. The van der Waals surface area contributed by atoms with E-state index in [1.54, 1.807) is 6.92 Å². The first-order valence-corrected chi connectivity index (χ1v) is 2.80. The Balaban J connectivity index is 0. The van der Waals surface area contributed by atoms with E-state index in [1.807, 2.05) is 0 Å². The zero-order valence-corrected chi connectivity index (χ0v) is 6.25. The van der Waals surface area contributed by atoms with Crippen molar-refractivity contribution >= 4 is 5.78 Å². The first-order chi connectivity index (χ1) is 4.63. The van der Waals surface area contributed by atoms with E-state index in [9.17, 15) is 4.79 Å². The number of hydrogen-bond donors (Lipinski definition) is 1. The van der Waals surface area contributed by atoms with E-state index in [0.29, 0.717) is 5.82 Å². The van der Waals surface area contributed by atoms with Gasteiger partial charge in [0.25, 0.3) is 0 Å². The lowest BCUT2D eigenvalue weighted by atomic mass is 10.6. The summed E-state index contributed by atoms with van der Waals surface area (Å²) in [6.45, 7) is 4.82. The van der Waals surface area contributed by atoms with Crippen LogP contribution in [0.25, 0.3) is 0 Å². The van der Waals surface area contributed by atoms with Crippen molar-refractivity contribution in [3.8, 4) is 0 Å². The first kappa shape index (κ1) is 12.4. The predicted octanol–water partition coefficient (Wildman–Crippen LogP) is 0.740. The van der Waals surface area contributed by atoms with Gasteiger partial charge >= 0.3 is 0 Å². The molecule has 11 heavy (non-hydrogen) atoms. The molecule has 0 radical (unpaired) electrons. The van der Waals surface area contributed by atoms with Crippen LogP contribution in [-0.4, -0.2) is 26.4 Å². The Bertz CT molecular complexity index is 178. The van der Waals surface area contributed by atoms with Gasteiger partial charge in [-0.15, -0.1) is 10.2 Å². The summed E-state index contributed by atoms with van der Waals surface area (Å²) in [7, 11) is 0. The average molecular weight is 158 g/mol. The summed E-state index contributed by atoms with van der Waals surface area (Å²) >= 11 is 0. The summed E-state index contributed by atoms with van der Waals surface area (Å²) < 4.78 is 0. The van der Waals surface area contributed by atoms with E-state index in [0.717, 1.165) is 0 Å².